The van der Waals surface area contributed by atoms with Crippen molar-refractivity contribution in [3.8, 4) is 0 Å². The second kappa shape index (κ2) is 7.65. The van der Waals surface area contributed by atoms with Crippen molar-refractivity contribution in [3.63, 3.8) is 0 Å². The predicted octanol–water partition coefficient (Wildman–Crippen LogP) is 2.25. The molecular weight excluding hydrogens is 316 g/mol. The van der Waals surface area contributed by atoms with Crippen LogP contribution in [0.2, 0.25) is 0 Å². The quantitative estimate of drug-likeness (QED) is 0.560. The van der Waals surface area contributed by atoms with Crippen molar-refractivity contribution in [1.82, 2.24) is 5.32 Å². The molecule has 5 nitrogen and oxygen atoms in total. The van der Waals surface area contributed by atoms with E-state index < -0.39 is 29.2 Å². The van der Waals surface area contributed by atoms with Gasteiger partial charge in [-0.05, 0) is 17.7 Å². The molecule has 2 rings (SSSR count). The van der Waals surface area contributed by atoms with Crippen LogP contribution in [0.3, 0.4) is 0 Å². The topological polar surface area (TPSA) is 88.2 Å². The van der Waals surface area contributed by atoms with E-state index in [4.69, 9.17) is 15.9 Å². The van der Waals surface area contributed by atoms with Gasteiger partial charge in [-0.2, -0.15) is 0 Å². The van der Waals surface area contributed by atoms with Gasteiger partial charge in [0, 0.05) is 19.2 Å². The Hall–Kier alpha value is -2.80. The van der Waals surface area contributed by atoms with E-state index in [1.165, 1.54) is 13.2 Å². The van der Waals surface area contributed by atoms with Gasteiger partial charge >= 0.3 is 0 Å². The molecule has 0 fully saturated rings. The third-order valence-corrected chi connectivity index (χ3v) is 3.47. The first-order valence-corrected chi connectivity index (χ1v) is 7.11. The molecule has 0 saturated heterocycles. The number of carbonyl (C=O) groups excluding carboxylic acids is 1. The lowest BCUT2D eigenvalue weighted by molar-refractivity contribution is -0.131. The van der Waals surface area contributed by atoms with Crippen molar-refractivity contribution in [2.24, 2.45) is 5.73 Å². The molecule has 2 aromatic carbocycles. The smallest absolute Gasteiger partial charge is 0.254 e. The normalized spacial score (nSPS) is 11.8. The van der Waals surface area contributed by atoms with Crippen LogP contribution >= 0.6 is 0 Å². The number of nitrogens with one attached hydrogen (secondary N) is 2. The number of rotatable bonds is 6. The number of carbonyl (C=O) groups is 1. The fourth-order valence-corrected chi connectivity index (χ4v) is 2.20. The van der Waals surface area contributed by atoms with Crippen LogP contribution in [0.15, 0.2) is 42.5 Å². The van der Waals surface area contributed by atoms with Gasteiger partial charge in [0.25, 0.3) is 5.91 Å². The molecular formula is C17H17F2N3O2. The molecule has 24 heavy (non-hydrogen) atoms. The molecule has 0 saturated carbocycles. The number of amidine groups is 1. The number of amides is 1. The van der Waals surface area contributed by atoms with Gasteiger partial charge in [0.05, 0.1) is 5.56 Å². The lowest BCUT2D eigenvalue weighted by Gasteiger charge is -2.17. The van der Waals surface area contributed by atoms with Crippen molar-refractivity contribution in [2.75, 3.05) is 7.11 Å². The number of nitrogen functional groups attached to an aromatic ring is 1. The average molecular weight is 333 g/mol. The van der Waals surface area contributed by atoms with E-state index in [9.17, 15) is 13.6 Å². The van der Waals surface area contributed by atoms with Crippen LogP contribution in [0.4, 0.5) is 8.78 Å². The van der Waals surface area contributed by atoms with E-state index in [1.54, 1.807) is 24.3 Å². The monoisotopic (exact) mass is 333 g/mol. The number of benzene rings is 2. The molecule has 0 aromatic heterocycles. The molecule has 7 heteroatoms. The highest BCUT2D eigenvalue weighted by Crippen LogP contribution is 2.23. The zero-order valence-corrected chi connectivity index (χ0v) is 13.0. The van der Waals surface area contributed by atoms with E-state index in [2.05, 4.69) is 5.32 Å². The highest BCUT2D eigenvalue weighted by atomic mass is 19.1. The highest BCUT2D eigenvalue weighted by Gasteiger charge is 2.26. The summed E-state index contributed by atoms with van der Waals surface area (Å²) < 4.78 is 32.6. The van der Waals surface area contributed by atoms with Crippen molar-refractivity contribution in [2.45, 2.75) is 12.6 Å². The zero-order chi connectivity index (χ0) is 17.7. The average Bonchev–Trinajstić information content (AvgIpc) is 2.56. The number of methoxy groups -OCH3 is 1. The number of ether oxygens (including phenoxy) is 1. The number of hydrogen-bond acceptors (Lipinski definition) is 3. The number of nitrogens with two attached hydrogens (primary N) is 1. The molecule has 0 aliphatic heterocycles. The second-order valence-electron chi connectivity index (χ2n) is 5.08. The van der Waals surface area contributed by atoms with E-state index >= 15 is 0 Å². The molecule has 126 valence electrons. The van der Waals surface area contributed by atoms with Gasteiger partial charge in [0.1, 0.15) is 17.5 Å². The van der Waals surface area contributed by atoms with Gasteiger partial charge in [-0.3, -0.25) is 10.2 Å². The molecule has 1 unspecified atom stereocenters. The maximum atomic E-state index is 13.8. The summed E-state index contributed by atoms with van der Waals surface area (Å²) in [5.41, 5.74) is 6.25. The van der Waals surface area contributed by atoms with Crippen molar-refractivity contribution < 1.29 is 18.3 Å². The van der Waals surface area contributed by atoms with Crippen LogP contribution in [0.25, 0.3) is 0 Å². The first kappa shape index (κ1) is 17.6. The molecule has 0 heterocycles. The van der Waals surface area contributed by atoms with Crippen molar-refractivity contribution >= 4 is 11.7 Å². The molecule has 1 amide bonds. The molecule has 1 atom stereocenters. The Kier molecular flexibility index (Phi) is 5.59. The minimum Gasteiger partial charge on any atom is -0.384 e. The Balaban J connectivity index is 2.08. The maximum absolute atomic E-state index is 13.8. The summed E-state index contributed by atoms with van der Waals surface area (Å²) in [6, 6.07) is 10.0. The maximum Gasteiger partial charge on any atom is 0.254 e. The van der Waals surface area contributed by atoms with Crippen LogP contribution in [-0.2, 0) is 16.1 Å². The Morgan fingerprint density at radius 3 is 2.29 bits per heavy atom. The Labute approximate surface area is 137 Å². The van der Waals surface area contributed by atoms with E-state index in [0.29, 0.717) is 5.56 Å². The number of hydrogen-bond donors (Lipinski definition) is 3. The van der Waals surface area contributed by atoms with Gasteiger partial charge < -0.3 is 15.8 Å². The molecule has 0 aliphatic rings. The third kappa shape index (κ3) is 3.94. The van der Waals surface area contributed by atoms with Gasteiger partial charge in [-0.25, -0.2) is 8.78 Å². The third-order valence-electron chi connectivity index (χ3n) is 3.47. The van der Waals surface area contributed by atoms with Crippen LogP contribution in [0.1, 0.15) is 22.8 Å². The summed E-state index contributed by atoms with van der Waals surface area (Å²) >= 11 is 0. The van der Waals surface area contributed by atoms with E-state index in [0.717, 1.165) is 17.7 Å². The Bertz CT molecular complexity index is 728. The summed E-state index contributed by atoms with van der Waals surface area (Å²) in [5, 5.41) is 9.88. The van der Waals surface area contributed by atoms with Gasteiger partial charge in [-0.15, -0.1) is 0 Å². The molecule has 0 radical (unpaired) electrons. The summed E-state index contributed by atoms with van der Waals surface area (Å²) in [6.07, 6.45) is -1.39. The fourth-order valence-electron chi connectivity index (χ4n) is 2.20. The lowest BCUT2D eigenvalue weighted by atomic mass is 10.1. The summed E-state index contributed by atoms with van der Waals surface area (Å²) in [7, 11) is 1.21. The standard InChI is InChI=1S/C17H17F2N3O2/c1-24-15(14-12(18)3-2-4-13(14)19)17(23)22-9-10-5-7-11(8-6-10)16(20)21/h2-8,15H,9H2,1H3,(H3,20,21)(H,22,23). The van der Waals surface area contributed by atoms with Crippen LogP contribution in [-0.4, -0.2) is 18.9 Å². The van der Waals surface area contributed by atoms with Crippen molar-refractivity contribution in [3.05, 3.63) is 70.8 Å². The SMILES string of the molecule is COC(C(=O)NCc1ccc(C(=N)N)cc1)c1c(F)cccc1F. The minimum absolute atomic E-state index is 0.0555. The fraction of sp³-hybridized carbons (Fsp3) is 0.176. The first-order chi connectivity index (χ1) is 11.4. The van der Waals surface area contributed by atoms with E-state index in [-0.39, 0.29) is 12.4 Å². The van der Waals surface area contributed by atoms with E-state index in [1.807, 2.05) is 0 Å². The zero-order valence-electron chi connectivity index (χ0n) is 13.0. The van der Waals surface area contributed by atoms with Gasteiger partial charge in [0.2, 0.25) is 0 Å². The Morgan fingerprint density at radius 2 is 1.79 bits per heavy atom. The van der Waals surface area contributed by atoms with Crippen molar-refractivity contribution in [1.29, 1.82) is 5.41 Å². The second-order valence-corrected chi connectivity index (χ2v) is 5.08. The lowest BCUT2D eigenvalue weighted by Crippen LogP contribution is -2.31. The minimum atomic E-state index is -1.39. The summed E-state index contributed by atoms with van der Waals surface area (Å²) in [4.78, 5) is 12.2. The van der Waals surface area contributed by atoms with Crippen LogP contribution < -0.4 is 11.1 Å². The number of halogens is 2. The highest BCUT2D eigenvalue weighted by molar-refractivity contribution is 5.94. The molecule has 0 aliphatic carbocycles. The summed E-state index contributed by atoms with van der Waals surface area (Å²) in [6.45, 7) is 0.146. The van der Waals surface area contributed by atoms with Crippen LogP contribution in [0, 0.1) is 17.0 Å². The summed E-state index contributed by atoms with van der Waals surface area (Å²) in [5.74, 6) is -2.40. The largest absolute Gasteiger partial charge is 0.384 e. The molecule has 2 aromatic rings. The molecule has 0 spiro atoms. The first-order valence-electron chi connectivity index (χ1n) is 7.11. The molecule has 4 N–H and O–H groups in total. The Morgan fingerprint density at radius 1 is 1.21 bits per heavy atom. The molecule has 0 bridgehead atoms. The van der Waals surface area contributed by atoms with Crippen LogP contribution in [0.5, 0.6) is 0 Å². The van der Waals surface area contributed by atoms with Gasteiger partial charge in [-0.1, -0.05) is 30.3 Å². The van der Waals surface area contributed by atoms with Gasteiger partial charge in [0.15, 0.2) is 6.10 Å². The predicted molar refractivity (Wildman–Crippen MR) is 85.4 cm³/mol.